The van der Waals surface area contributed by atoms with Gasteiger partial charge in [0.05, 0.1) is 20.4 Å². The molecule has 0 aliphatic heterocycles. The molecular weight excluding hydrogens is 426 g/mol. The van der Waals surface area contributed by atoms with Crippen LogP contribution in [-0.4, -0.2) is 35.0 Å². The molecule has 4 rings (SSSR count). The van der Waals surface area contributed by atoms with E-state index in [1.807, 2.05) is 42.5 Å². The molecule has 0 fully saturated rings. The van der Waals surface area contributed by atoms with Gasteiger partial charge in [-0.1, -0.05) is 29.8 Å². The van der Waals surface area contributed by atoms with Crippen molar-refractivity contribution in [1.82, 2.24) is 15.0 Å². The zero-order valence-electron chi connectivity index (χ0n) is 17.7. The summed E-state index contributed by atoms with van der Waals surface area (Å²) in [6.07, 6.45) is 1.84. The summed E-state index contributed by atoms with van der Waals surface area (Å²) in [4.78, 5) is 14.7. The average Bonchev–Trinajstić information content (AvgIpc) is 3.33. The summed E-state index contributed by atoms with van der Waals surface area (Å²) in [7, 11) is 3.22. The van der Waals surface area contributed by atoms with Gasteiger partial charge < -0.3 is 9.47 Å². The van der Waals surface area contributed by atoms with Crippen LogP contribution in [0, 0.1) is 0 Å². The van der Waals surface area contributed by atoms with Crippen LogP contribution in [0.25, 0.3) is 11.3 Å². The number of methoxy groups -OCH3 is 2. The highest BCUT2D eigenvalue weighted by atomic mass is 35.5. The van der Waals surface area contributed by atoms with Gasteiger partial charge in [-0.2, -0.15) is 15.0 Å². The number of hydrogen-bond acceptors (Lipinski definition) is 5. The molecule has 162 valence electrons. The van der Waals surface area contributed by atoms with Crippen LogP contribution in [0.1, 0.15) is 28.4 Å². The van der Waals surface area contributed by atoms with E-state index in [4.69, 9.17) is 21.1 Å². The Kier molecular flexibility index (Phi) is 6.52. The molecule has 1 atom stereocenters. The number of aromatic nitrogens is 3. The van der Waals surface area contributed by atoms with Gasteiger partial charge in [0.1, 0.15) is 23.2 Å². The minimum absolute atomic E-state index is 0.0409. The van der Waals surface area contributed by atoms with Crippen molar-refractivity contribution >= 4 is 17.4 Å². The molecule has 1 aromatic heterocycles. The first kappa shape index (κ1) is 21.6. The van der Waals surface area contributed by atoms with Crippen LogP contribution in [0.15, 0.2) is 79.0 Å². The fraction of sp³-hybridized carbons (Fsp3) is 0.160. The van der Waals surface area contributed by atoms with Gasteiger partial charge in [-0.3, -0.25) is 4.79 Å². The summed E-state index contributed by atoms with van der Waals surface area (Å²) >= 11 is 6.48. The maximum absolute atomic E-state index is 13.1. The lowest BCUT2D eigenvalue weighted by molar-refractivity contribution is 0.0964. The van der Waals surface area contributed by atoms with E-state index in [-0.39, 0.29) is 12.2 Å². The average molecular weight is 448 g/mol. The number of carbonyl (C=O) groups excluding carboxylic acids is 1. The predicted molar refractivity (Wildman–Crippen MR) is 124 cm³/mol. The molecule has 0 spiro atoms. The van der Waals surface area contributed by atoms with Gasteiger partial charge >= 0.3 is 0 Å². The summed E-state index contributed by atoms with van der Waals surface area (Å²) in [5.74, 6) is 1.42. The van der Waals surface area contributed by atoms with E-state index in [1.165, 1.54) is 0 Å². The van der Waals surface area contributed by atoms with Crippen LogP contribution in [0.3, 0.4) is 0 Å². The first-order chi connectivity index (χ1) is 15.6. The molecule has 0 aliphatic rings. The quantitative estimate of drug-likeness (QED) is 0.335. The third kappa shape index (κ3) is 4.65. The highest BCUT2D eigenvalue weighted by molar-refractivity contribution is 6.31. The van der Waals surface area contributed by atoms with Gasteiger partial charge in [0.15, 0.2) is 5.78 Å². The largest absolute Gasteiger partial charge is 0.497 e. The Morgan fingerprint density at radius 3 is 2.19 bits per heavy atom. The van der Waals surface area contributed by atoms with E-state index >= 15 is 0 Å². The molecule has 0 aliphatic carbocycles. The summed E-state index contributed by atoms with van der Waals surface area (Å²) in [6, 6.07) is 21.6. The normalized spacial score (nSPS) is 11.7. The monoisotopic (exact) mass is 447 g/mol. The van der Waals surface area contributed by atoms with Gasteiger partial charge in [-0.15, -0.1) is 0 Å². The molecule has 1 unspecified atom stereocenters. The Morgan fingerprint density at radius 1 is 0.938 bits per heavy atom. The Balaban J connectivity index is 1.66. The van der Waals surface area contributed by atoms with E-state index in [9.17, 15) is 4.79 Å². The van der Waals surface area contributed by atoms with Crippen LogP contribution in [-0.2, 0) is 0 Å². The molecule has 32 heavy (non-hydrogen) atoms. The highest BCUT2D eigenvalue weighted by Gasteiger charge is 2.23. The molecule has 0 radical (unpaired) electrons. The number of ether oxygens (including phenoxy) is 2. The SMILES string of the molecule is COc1ccc(C(=O)CC(c2ccccc2Cl)n2ncc(-c3ccc(OC)cc3)n2)cc1. The standard InChI is InChI=1S/C25H22ClN3O3/c1-31-19-11-7-17(8-12-19)23-16-27-29(28-23)24(21-5-3-4-6-22(21)26)15-25(30)18-9-13-20(32-2)14-10-18/h3-14,16,24H,15H2,1-2H3. The number of rotatable bonds is 8. The van der Waals surface area contributed by atoms with Crippen LogP contribution >= 0.6 is 11.6 Å². The number of benzene rings is 3. The van der Waals surface area contributed by atoms with Crippen molar-refractivity contribution in [1.29, 1.82) is 0 Å². The topological polar surface area (TPSA) is 66.2 Å². The van der Waals surface area contributed by atoms with Gasteiger partial charge in [0.25, 0.3) is 0 Å². The van der Waals surface area contributed by atoms with Crippen LogP contribution < -0.4 is 9.47 Å². The Morgan fingerprint density at radius 2 is 1.56 bits per heavy atom. The number of Topliss-reactive ketones (excluding diaryl/α,β-unsaturated/α-hetero) is 1. The van der Waals surface area contributed by atoms with E-state index in [0.717, 1.165) is 16.9 Å². The summed E-state index contributed by atoms with van der Waals surface area (Å²) in [5, 5.41) is 9.69. The van der Waals surface area contributed by atoms with Crippen molar-refractivity contribution in [3.63, 3.8) is 0 Å². The molecule has 3 aromatic carbocycles. The molecule has 0 N–H and O–H groups in total. The molecule has 0 amide bonds. The number of halogens is 1. The molecule has 0 saturated carbocycles. The minimum atomic E-state index is -0.453. The third-order valence-electron chi connectivity index (χ3n) is 5.23. The Labute approximate surface area is 191 Å². The second-order valence-electron chi connectivity index (χ2n) is 7.17. The van der Waals surface area contributed by atoms with Crippen molar-refractivity contribution in [3.05, 3.63) is 95.1 Å². The van der Waals surface area contributed by atoms with E-state index in [1.54, 1.807) is 55.5 Å². The summed E-state index contributed by atoms with van der Waals surface area (Å²) in [5.41, 5.74) is 2.97. The van der Waals surface area contributed by atoms with Crippen molar-refractivity contribution in [3.8, 4) is 22.8 Å². The number of hydrogen-bond donors (Lipinski definition) is 0. The van der Waals surface area contributed by atoms with Crippen molar-refractivity contribution in [2.24, 2.45) is 0 Å². The molecule has 0 saturated heterocycles. The van der Waals surface area contributed by atoms with Gasteiger partial charge in [0, 0.05) is 22.6 Å². The summed E-state index contributed by atoms with van der Waals surface area (Å²) < 4.78 is 10.4. The van der Waals surface area contributed by atoms with E-state index < -0.39 is 6.04 Å². The fourth-order valence-corrected chi connectivity index (χ4v) is 3.71. The second kappa shape index (κ2) is 9.66. The molecule has 7 heteroatoms. The molecule has 6 nitrogen and oxygen atoms in total. The van der Waals surface area contributed by atoms with Crippen molar-refractivity contribution in [2.75, 3.05) is 14.2 Å². The minimum Gasteiger partial charge on any atom is -0.497 e. The van der Waals surface area contributed by atoms with Gasteiger partial charge in [-0.25, -0.2) is 0 Å². The highest BCUT2D eigenvalue weighted by Crippen LogP contribution is 2.30. The number of ketones is 1. The third-order valence-corrected chi connectivity index (χ3v) is 5.57. The van der Waals surface area contributed by atoms with Crippen molar-refractivity contribution in [2.45, 2.75) is 12.5 Å². The predicted octanol–water partition coefficient (Wildman–Crippen LogP) is 5.48. The molecule has 0 bridgehead atoms. The lowest BCUT2D eigenvalue weighted by Gasteiger charge is -2.17. The Bertz CT molecular complexity index is 1200. The van der Waals surface area contributed by atoms with Crippen LogP contribution in [0.4, 0.5) is 0 Å². The number of nitrogens with zero attached hydrogens (tertiary/aromatic N) is 3. The smallest absolute Gasteiger partial charge is 0.165 e. The molecule has 4 aromatic rings. The molecular formula is C25H22ClN3O3. The van der Waals surface area contributed by atoms with E-state index in [0.29, 0.717) is 22.0 Å². The first-order valence-electron chi connectivity index (χ1n) is 10.1. The number of carbonyl (C=O) groups is 1. The van der Waals surface area contributed by atoms with Crippen LogP contribution in [0.5, 0.6) is 11.5 Å². The van der Waals surface area contributed by atoms with Crippen molar-refractivity contribution < 1.29 is 14.3 Å². The maximum Gasteiger partial charge on any atom is 0.165 e. The van der Waals surface area contributed by atoms with E-state index in [2.05, 4.69) is 10.2 Å². The zero-order valence-corrected chi connectivity index (χ0v) is 18.5. The van der Waals surface area contributed by atoms with Gasteiger partial charge in [-0.05, 0) is 60.2 Å². The fourth-order valence-electron chi connectivity index (χ4n) is 3.45. The van der Waals surface area contributed by atoms with Gasteiger partial charge in [0.2, 0.25) is 0 Å². The Hall–Kier alpha value is -3.64. The lowest BCUT2D eigenvalue weighted by atomic mass is 9.98. The zero-order chi connectivity index (χ0) is 22.5. The molecule has 1 heterocycles. The lowest BCUT2D eigenvalue weighted by Crippen LogP contribution is -2.18. The summed E-state index contributed by atoms with van der Waals surface area (Å²) in [6.45, 7) is 0. The first-order valence-corrected chi connectivity index (χ1v) is 10.4. The van der Waals surface area contributed by atoms with Crippen LogP contribution in [0.2, 0.25) is 5.02 Å². The maximum atomic E-state index is 13.1. The second-order valence-corrected chi connectivity index (χ2v) is 7.58.